The summed E-state index contributed by atoms with van der Waals surface area (Å²) in [5, 5.41) is 9.24. The third-order valence-corrected chi connectivity index (χ3v) is 3.32. The minimum absolute atomic E-state index is 0.264. The topological polar surface area (TPSA) is 49.8 Å². The molecule has 0 unspecified atom stereocenters. The van der Waals surface area contributed by atoms with Crippen LogP contribution in [0.1, 0.15) is 11.1 Å². The fourth-order valence-electron chi connectivity index (χ4n) is 1.69. The van der Waals surface area contributed by atoms with Crippen LogP contribution >= 0.6 is 15.9 Å². The fraction of sp³-hybridized carbons (Fsp3) is 0. The van der Waals surface area contributed by atoms with E-state index in [9.17, 15) is 9.65 Å². The summed E-state index contributed by atoms with van der Waals surface area (Å²) in [6, 6.07) is 15.7. The second kappa shape index (κ2) is 5.68. The lowest BCUT2D eigenvalue weighted by Crippen LogP contribution is -2.01. The lowest BCUT2D eigenvalue weighted by molar-refractivity contribution is 0.620. The molecule has 4 heteroatoms. The van der Waals surface area contributed by atoms with Gasteiger partial charge in [0.15, 0.2) is 0 Å². The molecule has 2 aromatic carbocycles. The molecule has 0 aliphatic rings. The molecule has 0 amide bonds. The Bertz CT molecular complexity index is 672. The lowest BCUT2D eigenvalue weighted by Gasteiger charge is -2.07. The summed E-state index contributed by atoms with van der Waals surface area (Å²) >= 11 is 3.08. The Labute approximate surface area is 119 Å². The Morgan fingerprint density at radius 3 is 2.37 bits per heavy atom. The van der Waals surface area contributed by atoms with Gasteiger partial charge in [-0.1, -0.05) is 36.4 Å². The molecule has 0 aromatic heterocycles. The standard InChI is InChI=1S/C15H10BrFN2/c16-13-7-6-11(8-14(13)17)15(19)12(9-18)10-4-2-1-3-5-10/h1-8H,19H2/b15-12-. The van der Waals surface area contributed by atoms with Gasteiger partial charge in [0.05, 0.1) is 15.7 Å². The smallest absolute Gasteiger partial charge is 0.138 e. The summed E-state index contributed by atoms with van der Waals surface area (Å²) in [6.45, 7) is 0. The molecule has 0 aliphatic carbocycles. The highest BCUT2D eigenvalue weighted by Crippen LogP contribution is 2.24. The average Bonchev–Trinajstić information content (AvgIpc) is 2.44. The van der Waals surface area contributed by atoms with Crippen molar-refractivity contribution < 1.29 is 4.39 Å². The average molecular weight is 317 g/mol. The maximum Gasteiger partial charge on any atom is 0.138 e. The van der Waals surface area contributed by atoms with Crippen molar-refractivity contribution in [2.75, 3.05) is 0 Å². The molecule has 0 saturated carbocycles. The van der Waals surface area contributed by atoms with Crippen molar-refractivity contribution >= 4 is 27.2 Å². The third-order valence-electron chi connectivity index (χ3n) is 2.67. The second-order valence-corrected chi connectivity index (χ2v) is 4.75. The van der Waals surface area contributed by atoms with Gasteiger partial charge in [0, 0.05) is 5.56 Å². The van der Waals surface area contributed by atoms with Crippen molar-refractivity contribution in [3.05, 3.63) is 69.9 Å². The third kappa shape index (κ3) is 2.83. The molecule has 0 aliphatic heterocycles. The van der Waals surface area contributed by atoms with Crippen LogP contribution in [0.15, 0.2) is 53.0 Å². The predicted molar refractivity (Wildman–Crippen MR) is 77.2 cm³/mol. The number of hydrogen-bond acceptors (Lipinski definition) is 2. The summed E-state index contributed by atoms with van der Waals surface area (Å²) in [5.74, 6) is -0.411. The zero-order valence-corrected chi connectivity index (χ0v) is 11.5. The summed E-state index contributed by atoms with van der Waals surface area (Å²) < 4.78 is 13.9. The Morgan fingerprint density at radius 1 is 1.11 bits per heavy atom. The summed E-state index contributed by atoms with van der Waals surface area (Å²) in [7, 11) is 0. The first-order valence-electron chi connectivity index (χ1n) is 5.54. The first-order chi connectivity index (χ1) is 9.13. The van der Waals surface area contributed by atoms with E-state index in [-0.39, 0.29) is 5.70 Å². The predicted octanol–water partition coefficient (Wildman–Crippen LogP) is 3.94. The van der Waals surface area contributed by atoms with Gasteiger partial charge in [-0.2, -0.15) is 5.26 Å². The highest BCUT2D eigenvalue weighted by molar-refractivity contribution is 9.10. The first kappa shape index (κ1) is 13.3. The molecule has 2 N–H and O–H groups in total. The molecule has 0 bridgehead atoms. The van der Waals surface area contributed by atoms with Crippen molar-refractivity contribution in [2.24, 2.45) is 5.73 Å². The Hall–Kier alpha value is -2.12. The summed E-state index contributed by atoms with van der Waals surface area (Å²) in [6.07, 6.45) is 0. The van der Waals surface area contributed by atoms with Crippen LogP contribution in [0, 0.1) is 17.1 Å². The molecular weight excluding hydrogens is 307 g/mol. The minimum atomic E-state index is -0.411. The number of halogens is 2. The molecule has 2 rings (SSSR count). The molecule has 0 spiro atoms. The molecule has 19 heavy (non-hydrogen) atoms. The van der Waals surface area contributed by atoms with Crippen molar-refractivity contribution in [1.29, 1.82) is 5.26 Å². The van der Waals surface area contributed by atoms with Crippen molar-refractivity contribution in [3.63, 3.8) is 0 Å². The monoisotopic (exact) mass is 316 g/mol. The Morgan fingerprint density at radius 2 is 1.79 bits per heavy atom. The number of benzene rings is 2. The number of nitrogens with two attached hydrogens (primary N) is 1. The van der Waals surface area contributed by atoms with Gasteiger partial charge in [0.1, 0.15) is 11.9 Å². The molecule has 94 valence electrons. The van der Waals surface area contributed by atoms with Crippen molar-refractivity contribution in [3.8, 4) is 6.07 Å². The van der Waals surface area contributed by atoms with Gasteiger partial charge in [-0.15, -0.1) is 0 Å². The first-order valence-corrected chi connectivity index (χ1v) is 6.33. The van der Waals surface area contributed by atoms with Crippen LogP contribution in [0.4, 0.5) is 4.39 Å². The summed E-state index contributed by atoms with van der Waals surface area (Å²) in [5.41, 5.74) is 7.78. The quantitative estimate of drug-likeness (QED) is 0.674. The van der Waals surface area contributed by atoms with E-state index < -0.39 is 5.82 Å². The Balaban J connectivity index is 2.56. The second-order valence-electron chi connectivity index (χ2n) is 3.90. The van der Waals surface area contributed by atoms with Gasteiger partial charge < -0.3 is 5.73 Å². The maximum absolute atomic E-state index is 13.5. The van der Waals surface area contributed by atoms with Gasteiger partial charge in [-0.3, -0.25) is 0 Å². The zero-order chi connectivity index (χ0) is 13.8. The minimum Gasteiger partial charge on any atom is -0.397 e. The van der Waals surface area contributed by atoms with Gasteiger partial charge in [0.25, 0.3) is 0 Å². The molecule has 0 fully saturated rings. The van der Waals surface area contributed by atoms with Crippen LogP contribution in [0.5, 0.6) is 0 Å². The van der Waals surface area contributed by atoms with Crippen LogP contribution in [0.3, 0.4) is 0 Å². The van der Waals surface area contributed by atoms with Crippen LogP contribution < -0.4 is 5.73 Å². The molecule has 2 nitrogen and oxygen atoms in total. The number of nitrogens with zero attached hydrogens (tertiary/aromatic N) is 1. The number of nitriles is 1. The van der Waals surface area contributed by atoms with Crippen LogP contribution in [0.25, 0.3) is 11.3 Å². The molecule has 0 saturated heterocycles. The molecule has 0 atom stereocenters. The largest absolute Gasteiger partial charge is 0.397 e. The van der Waals surface area contributed by atoms with E-state index in [1.165, 1.54) is 6.07 Å². The van der Waals surface area contributed by atoms with E-state index in [2.05, 4.69) is 22.0 Å². The van der Waals surface area contributed by atoms with E-state index in [1.54, 1.807) is 24.3 Å². The number of rotatable bonds is 2. The fourth-order valence-corrected chi connectivity index (χ4v) is 1.94. The van der Waals surface area contributed by atoms with E-state index in [4.69, 9.17) is 5.73 Å². The van der Waals surface area contributed by atoms with Crippen LogP contribution in [0.2, 0.25) is 0 Å². The zero-order valence-electron chi connectivity index (χ0n) is 9.90. The SMILES string of the molecule is N#C/C(=C(/N)c1ccc(Br)c(F)c1)c1ccccc1. The molecule has 0 heterocycles. The van der Waals surface area contributed by atoms with Gasteiger partial charge in [0.2, 0.25) is 0 Å². The van der Waals surface area contributed by atoms with Crippen molar-refractivity contribution in [1.82, 2.24) is 0 Å². The molecular formula is C15H10BrFN2. The van der Waals surface area contributed by atoms with Crippen molar-refractivity contribution in [2.45, 2.75) is 0 Å². The Kier molecular flexibility index (Phi) is 3.98. The highest BCUT2D eigenvalue weighted by Gasteiger charge is 2.10. The number of allylic oxidation sites excluding steroid dienone is 1. The van der Waals surface area contributed by atoms with Gasteiger partial charge >= 0.3 is 0 Å². The lowest BCUT2D eigenvalue weighted by atomic mass is 10.0. The van der Waals surface area contributed by atoms with E-state index in [0.29, 0.717) is 21.2 Å². The van der Waals surface area contributed by atoms with Crippen LogP contribution in [-0.2, 0) is 0 Å². The highest BCUT2D eigenvalue weighted by atomic mass is 79.9. The van der Waals surface area contributed by atoms with E-state index >= 15 is 0 Å². The maximum atomic E-state index is 13.5. The van der Waals surface area contributed by atoms with Crippen LogP contribution in [-0.4, -0.2) is 0 Å². The van der Waals surface area contributed by atoms with E-state index in [0.717, 1.165) is 0 Å². The molecule has 2 aromatic rings. The summed E-state index contributed by atoms with van der Waals surface area (Å²) in [4.78, 5) is 0. The van der Waals surface area contributed by atoms with Gasteiger partial charge in [-0.05, 0) is 33.6 Å². The number of hydrogen-bond donors (Lipinski definition) is 1. The van der Waals surface area contributed by atoms with Gasteiger partial charge in [-0.25, -0.2) is 4.39 Å². The van der Waals surface area contributed by atoms with E-state index in [1.807, 2.05) is 18.2 Å². The normalized spacial score (nSPS) is 11.6. The molecule has 0 radical (unpaired) electrons.